The van der Waals surface area contributed by atoms with Gasteiger partial charge in [-0.15, -0.1) is 0 Å². The fraction of sp³-hybridized carbons (Fsp3) is 0.391. The number of hydrogen-bond acceptors (Lipinski definition) is 3. The van der Waals surface area contributed by atoms with E-state index in [2.05, 4.69) is 45.7 Å². The van der Waals surface area contributed by atoms with Crippen LogP contribution in [-0.2, 0) is 13.1 Å². The van der Waals surface area contributed by atoms with E-state index in [0.29, 0.717) is 18.2 Å². The summed E-state index contributed by atoms with van der Waals surface area (Å²) in [7, 11) is 2.23. The predicted octanol–water partition coefficient (Wildman–Crippen LogP) is 4.26. The molecule has 2 aromatic carbocycles. The quantitative estimate of drug-likeness (QED) is 0.676. The van der Waals surface area contributed by atoms with Crippen molar-refractivity contribution in [1.82, 2.24) is 20.4 Å². The van der Waals surface area contributed by atoms with E-state index in [-0.39, 0.29) is 5.91 Å². The van der Waals surface area contributed by atoms with Gasteiger partial charge in [0.25, 0.3) is 5.91 Å². The van der Waals surface area contributed by atoms with Crippen LogP contribution in [0.2, 0.25) is 0 Å². The molecule has 1 aromatic heterocycles. The third-order valence-corrected chi connectivity index (χ3v) is 5.90. The molecular weight excluding hydrogens is 348 g/mol. The van der Waals surface area contributed by atoms with E-state index in [9.17, 15) is 4.79 Å². The molecule has 0 unspecified atom stereocenters. The molecule has 28 heavy (non-hydrogen) atoms. The summed E-state index contributed by atoms with van der Waals surface area (Å²) in [6, 6.07) is 14.8. The van der Waals surface area contributed by atoms with Gasteiger partial charge in [0.2, 0.25) is 0 Å². The number of nitrogens with zero attached hydrogens (tertiary/aromatic N) is 2. The highest BCUT2D eigenvalue weighted by molar-refractivity contribution is 6.05. The summed E-state index contributed by atoms with van der Waals surface area (Å²) >= 11 is 0. The van der Waals surface area contributed by atoms with E-state index in [1.807, 2.05) is 24.3 Å². The van der Waals surface area contributed by atoms with Crippen LogP contribution in [0.25, 0.3) is 10.9 Å². The molecule has 1 saturated carbocycles. The SMILES string of the molecule is CN(Cc1ccccc1CNC(=O)c1cccc2cn[nH]c12)C1CCCCC1. The van der Waals surface area contributed by atoms with Crippen molar-refractivity contribution in [3.8, 4) is 0 Å². The van der Waals surface area contributed by atoms with Crippen LogP contribution >= 0.6 is 0 Å². The van der Waals surface area contributed by atoms with Crippen molar-refractivity contribution in [1.29, 1.82) is 0 Å². The topological polar surface area (TPSA) is 61.0 Å². The maximum Gasteiger partial charge on any atom is 0.253 e. The first-order valence-corrected chi connectivity index (χ1v) is 10.2. The number of aromatic nitrogens is 2. The third-order valence-electron chi connectivity index (χ3n) is 5.90. The van der Waals surface area contributed by atoms with Gasteiger partial charge < -0.3 is 5.32 Å². The molecule has 0 radical (unpaired) electrons. The van der Waals surface area contributed by atoms with Crippen LogP contribution < -0.4 is 5.32 Å². The lowest BCUT2D eigenvalue weighted by Crippen LogP contribution is -2.33. The molecule has 5 nitrogen and oxygen atoms in total. The summed E-state index contributed by atoms with van der Waals surface area (Å²) in [5, 5.41) is 11.0. The lowest BCUT2D eigenvalue weighted by molar-refractivity contribution is 0.0952. The Morgan fingerprint density at radius 3 is 2.71 bits per heavy atom. The minimum absolute atomic E-state index is 0.0784. The monoisotopic (exact) mass is 376 g/mol. The Kier molecular flexibility index (Phi) is 5.72. The van der Waals surface area contributed by atoms with Gasteiger partial charge in [-0.25, -0.2) is 0 Å². The second kappa shape index (κ2) is 8.57. The van der Waals surface area contributed by atoms with E-state index in [1.54, 1.807) is 6.20 Å². The Bertz CT molecular complexity index is 942. The minimum Gasteiger partial charge on any atom is -0.348 e. The summed E-state index contributed by atoms with van der Waals surface area (Å²) in [5.74, 6) is -0.0784. The summed E-state index contributed by atoms with van der Waals surface area (Å²) < 4.78 is 0. The summed E-state index contributed by atoms with van der Waals surface area (Å²) in [4.78, 5) is 15.2. The van der Waals surface area contributed by atoms with E-state index in [1.165, 1.54) is 43.2 Å². The van der Waals surface area contributed by atoms with Crippen molar-refractivity contribution >= 4 is 16.8 Å². The van der Waals surface area contributed by atoms with Crippen molar-refractivity contribution in [2.75, 3.05) is 7.05 Å². The number of carbonyl (C=O) groups excluding carboxylic acids is 1. The van der Waals surface area contributed by atoms with Gasteiger partial charge in [-0.05, 0) is 37.1 Å². The Balaban J connectivity index is 1.43. The van der Waals surface area contributed by atoms with Crippen LogP contribution in [0, 0.1) is 0 Å². The number of nitrogens with one attached hydrogen (secondary N) is 2. The highest BCUT2D eigenvalue weighted by atomic mass is 16.1. The fourth-order valence-electron chi connectivity index (χ4n) is 4.23. The maximum atomic E-state index is 12.7. The average Bonchev–Trinajstić information content (AvgIpc) is 3.22. The molecule has 1 heterocycles. The van der Waals surface area contributed by atoms with Crippen molar-refractivity contribution in [2.24, 2.45) is 0 Å². The first kappa shape index (κ1) is 18.7. The molecule has 3 aromatic rings. The zero-order valence-electron chi connectivity index (χ0n) is 16.4. The van der Waals surface area contributed by atoms with Crippen molar-refractivity contribution in [2.45, 2.75) is 51.2 Å². The minimum atomic E-state index is -0.0784. The zero-order chi connectivity index (χ0) is 19.3. The van der Waals surface area contributed by atoms with Crippen LogP contribution in [0.4, 0.5) is 0 Å². The molecular formula is C23H28N4O. The van der Waals surface area contributed by atoms with Gasteiger partial charge in [0.1, 0.15) is 0 Å². The van der Waals surface area contributed by atoms with Gasteiger partial charge in [0.15, 0.2) is 0 Å². The molecule has 0 aliphatic heterocycles. The van der Waals surface area contributed by atoms with E-state index in [0.717, 1.165) is 17.4 Å². The van der Waals surface area contributed by atoms with Gasteiger partial charge >= 0.3 is 0 Å². The van der Waals surface area contributed by atoms with Crippen LogP contribution in [0.3, 0.4) is 0 Å². The van der Waals surface area contributed by atoms with Crippen LogP contribution in [0.1, 0.15) is 53.6 Å². The number of fused-ring (bicyclic) bond motifs is 1. The summed E-state index contributed by atoms with van der Waals surface area (Å²) in [6.07, 6.45) is 8.38. The largest absolute Gasteiger partial charge is 0.348 e. The molecule has 4 rings (SSSR count). The molecule has 2 N–H and O–H groups in total. The smallest absolute Gasteiger partial charge is 0.253 e. The first-order valence-electron chi connectivity index (χ1n) is 10.2. The van der Waals surface area contributed by atoms with E-state index >= 15 is 0 Å². The lowest BCUT2D eigenvalue weighted by atomic mass is 9.94. The molecule has 0 spiro atoms. The van der Waals surface area contributed by atoms with E-state index < -0.39 is 0 Å². The summed E-state index contributed by atoms with van der Waals surface area (Å²) in [6.45, 7) is 1.45. The number of rotatable bonds is 6. The van der Waals surface area contributed by atoms with Gasteiger partial charge in [-0.2, -0.15) is 5.10 Å². The molecule has 0 atom stereocenters. The summed E-state index contributed by atoms with van der Waals surface area (Å²) in [5.41, 5.74) is 3.88. The maximum absolute atomic E-state index is 12.7. The van der Waals surface area contributed by atoms with Gasteiger partial charge in [-0.3, -0.25) is 14.8 Å². The molecule has 1 fully saturated rings. The molecule has 0 saturated heterocycles. The highest BCUT2D eigenvalue weighted by Gasteiger charge is 2.19. The standard InChI is InChI=1S/C23H28N4O/c1-27(20-11-3-2-4-12-20)16-19-9-6-5-8-17(19)14-24-23(28)21-13-7-10-18-15-25-26-22(18)21/h5-10,13,15,20H,2-4,11-12,14,16H2,1H3,(H,24,28)(H,25,26). The van der Waals surface area contributed by atoms with E-state index in [4.69, 9.17) is 0 Å². The molecule has 5 heteroatoms. The Morgan fingerprint density at radius 2 is 1.89 bits per heavy atom. The molecule has 1 amide bonds. The van der Waals surface area contributed by atoms with Gasteiger partial charge in [-0.1, -0.05) is 55.7 Å². The Labute approximate surface area is 166 Å². The molecule has 1 aliphatic carbocycles. The third kappa shape index (κ3) is 4.09. The van der Waals surface area contributed by atoms with Crippen molar-refractivity contribution < 1.29 is 4.79 Å². The number of para-hydroxylation sites is 1. The Hall–Kier alpha value is -2.66. The normalized spacial score (nSPS) is 15.2. The number of benzene rings is 2. The molecule has 146 valence electrons. The fourth-order valence-corrected chi connectivity index (χ4v) is 4.23. The number of hydrogen-bond donors (Lipinski definition) is 2. The van der Waals surface area contributed by atoms with Crippen molar-refractivity contribution in [3.05, 3.63) is 65.4 Å². The van der Waals surface area contributed by atoms with Crippen LogP contribution in [0.5, 0.6) is 0 Å². The molecule has 0 bridgehead atoms. The van der Waals surface area contributed by atoms with Gasteiger partial charge in [0.05, 0.1) is 17.3 Å². The van der Waals surface area contributed by atoms with Crippen LogP contribution in [0.15, 0.2) is 48.7 Å². The first-order chi connectivity index (χ1) is 13.7. The number of amides is 1. The number of carbonyl (C=O) groups is 1. The predicted molar refractivity (Wildman–Crippen MR) is 112 cm³/mol. The second-order valence-electron chi connectivity index (χ2n) is 7.80. The second-order valence-corrected chi connectivity index (χ2v) is 7.80. The van der Waals surface area contributed by atoms with Crippen LogP contribution in [-0.4, -0.2) is 34.1 Å². The number of aromatic amines is 1. The molecule has 1 aliphatic rings. The highest BCUT2D eigenvalue weighted by Crippen LogP contribution is 2.23. The van der Waals surface area contributed by atoms with Crippen molar-refractivity contribution in [3.63, 3.8) is 0 Å². The lowest BCUT2D eigenvalue weighted by Gasteiger charge is -2.31. The number of H-pyrrole nitrogens is 1. The Morgan fingerprint density at radius 1 is 1.11 bits per heavy atom. The zero-order valence-corrected chi connectivity index (χ0v) is 16.4. The average molecular weight is 377 g/mol. The van der Waals surface area contributed by atoms with Gasteiger partial charge in [0, 0.05) is 24.5 Å².